The van der Waals surface area contributed by atoms with E-state index in [1.807, 2.05) is 7.11 Å². The molecule has 19 heavy (non-hydrogen) atoms. The van der Waals surface area contributed by atoms with Crippen molar-refractivity contribution < 1.29 is 4.74 Å². The van der Waals surface area contributed by atoms with Crippen LogP contribution in [0.1, 0.15) is 60.4 Å². The molecular formula is C17H27NO. The van der Waals surface area contributed by atoms with Gasteiger partial charge in [-0.25, -0.2) is 0 Å². The average molecular weight is 261 g/mol. The van der Waals surface area contributed by atoms with Gasteiger partial charge in [-0.3, -0.25) is 0 Å². The minimum Gasteiger partial charge on any atom is -0.376 e. The molecule has 1 unspecified atom stereocenters. The van der Waals surface area contributed by atoms with E-state index in [-0.39, 0.29) is 11.6 Å². The lowest BCUT2D eigenvalue weighted by Gasteiger charge is -2.41. The smallest absolute Gasteiger partial charge is 0.0870 e. The van der Waals surface area contributed by atoms with Gasteiger partial charge < -0.3 is 10.5 Å². The van der Waals surface area contributed by atoms with Gasteiger partial charge in [0.1, 0.15) is 0 Å². The Kier molecular flexibility index (Phi) is 4.32. The molecule has 2 heteroatoms. The van der Waals surface area contributed by atoms with Crippen molar-refractivity contribution >= 4 is 0 Å². The summed E-state index contributed by atoms with van der Waals surface area (Å²) < 4.78 is 5.90. The lowest BCUT2D eigenvalue weighted by Crippen LogP contribution is -2.45. The summed E-state index contributed by atoms with van der Waals surface area (Å²) >= 11 is 0. The van der Waals surface area contributed by atoms with E-state index in [2.05, 4.69) is 32.9 Å². The molecule has 0 radical (unpaired) electrons. The van der Waals surface area contributed by atoms with Gasteiger partial charge in [-0.15, -0.1) is 0 Å². The molecule has 1 aliphatic rings. The van der Waals surface area contributed by atoms with Crippen LogP contribution >= 0.6 is 0 Å². The minimum atomic E-state index is -0.162. The molecule has 2 rings (SSSR count). The Bertz CT molecular complexity index is 447. The molecule has 2 nitrogen and oxygen atoms in total. The van der Waals surface area contributed by atoms with Crippen molar-refractivity contribution in [1.82, 2.24) is 0 Å². The van der Waals surface area contributed by atoms with Crippen LogP contribution in [0, 0.1) is 20.8 Å². The zero-order valence-corrected chi connectivity index (χ0v) is 12.8. The molecule has 0 spiro atoms. The molecule has 2 N–H and O–H groups in total. The summed E-state index contributed by atoms with van der Waals surface area (Å²) in [6, 6.07) is 4.48. The first-order chi connectivity index (χ1) is 9.00. The maximum absolute atomic E-state index is 6.61. The third-order valence-electron chi connectivity index (χ3n) is 4.89. The summed E-state index contributed by atoms with van der Waals surface area (Å²) in [5, 5.41) is 0. The standard InChI is InChI=1S/C17H27NO/c1-12-10-14(3)15(11-13(12)2)16(18)17(19-4)8-6-5-7-9-17/h10-11,16H,5-9,18H2,1-4H3. The summed E-state index contributed by atoms with van der Waals surface area (Å²) in [6.45, 7) is 6.48. The third-order valence-corrected chi connectivity index (χ3v) is 4.89. The van der Waals surface area contributed by atoms with E-state index in [4.69, 9.17) is 10.5 Å². The van der Waals surface area contributed by atoms with E-state index in [0.717, 1.165) is 12.8 Å². The van der Waals surface area contributed by atoms with Gasteiger partial charge in [-0.2, -0.15) is 0 Å². The number of benzene rings is 1. The molecule has 0 aliphatic heterocycles. The van der Waals surface area contributed by atoms with Crippen molar-refractivity contribution in [2.45, 2.75) is 64.5 Å². The molecule has 0 saturated heterocycles. The lowest BCUT2D eigenvalue weighted by atomic mass is 9.76. The van der Waals surface area contributed by atoms with E-state index < -0.39 is 0 Å². The largest absolute Gasteiger partial charge is 0.376 e. The Morgan fingerprint density at radius 2 is 1.58 bits per heavy atom. The van der Waals surface area contributed by atoms with Crippen LogP contribution < -0.4 is 5.73 Å². The third kappa shape index (κ3) is 2.70. The van der Waals surface area contributed by atoms with Gasteiger partial charge in [-0.05, 0) is 55.9 Å². The molecule has 0 bridgehead atoms. The molecule has 1 aromatic rings. The van der Waals surface area contributed by atoms with Crippen LogP contribution in [0.5, 0.6) is 0 Å². The van der Waals surface area contributed by atoms with Gasteiger partial charge in [0.15, 0.2) is 0 Å². The highest BCUT2D eigenvalue weighted by Crippen LogP contribution is 2.40. The zero-order valence-electron chi connectivity index (χ0n) is 12.8. The van der Waals surface area contributed by atoms with Crippen molar-refractivity contribution in [3.8, 4) is 0 Å². The second-order valence-electron chi connectivity index (χ2n) is 6.10. The second-order valence-corrected chi connectivity index (χ2v) is 6.10. The Labute approximate surface area is 117 Å². The predicted octanol–water partition coefficient (Wildman–Crippen LogP) is 3.96. The number of methoxy groups -OCH3 is 1. The van der Waals surface area contributed by atoms with E-state index in [1.54, 1.807) is 0 Å². The highest BCUT2D eigenvalue weighted by molar-refractivity contribution is 5.39. The van der Waals surface area contributed by atoms with Gasteiger partial charge in [0, 0.05) is 7.11 Å². The Balaban J connectivity index is 2.37. The predicted molar refractivity (Wildman–Crippen MR) is 80.4 cm³/mol. The van der Waals surface area contributed by atoms with Gasteiger partial charge in [0.2, 0.25) is 0 Å². The maximum atomic E-state index is 6.61. The Morgan fingerprint density at radius 1 is 1.00 bits per heavy atom. The van der Waals surface area contributed by atoms with Gasteiger partial charge in [0.05, 0.1) is 11.6 Å². The van der Waals surface area contributed by atoms with E-state index in [1.165, 1.54) is 41.5 Å². The number of nitrogens with two attached hydrogens (primary N) is 1. The topological polar surface area (TPSA) is 35.2 Å². The molecule has 1 saturated carbocycles. The Morgan fingerprint density at radius 3 is 2.16 bits per heavy atom. The van der Waals surface area contributed by atoms with Crippen LogP contribution in [-0.4, -0.2) is 12.7 Å². The molecule has 1 fully saturated rings. The van der Waals surface area contributed by atoms with Crippen molar-refractivity contribution in [3.63, 3.8) is 0 Å². The molecule has 0 heterocycles. The highest BCUT2D eigenvalue weighted by Gasteiger charge is 2.39. The number of aryl methyl sites for hydroxylation is 3. The SMILES string of the molecule is COC1(C(N)c2cc(C)c(C)cc2C)CCCCC1. The number of hydrogen-bond acceptors (Lipinski definition) is 2. The van der Waals surface area contributed by atoms with Crippen LogP contribution in [0.4, 0.5) is 0 Å². The van der Waals surface area contributed by atoms with Crippen LogP contribution in [0.25, 0.3) is 0 Å². The van der Waals surface area contributed by atoms with E-state index in [0.29, 0.717) is 0 Å². The molecular weight excluding hydrogens is 234 g/mol. The fraction of sp³-hybridized carbons (Fsp3) is 0.647. The molecule has 106 valence electrons. The quantitative estimate of drug-likeness (QED) is 0.893. The van der Waals surface area contributed by atoms with Crippen molar-refractivity contribution in [2.75, 3.05) is 7.11 Å². The van der Waals surface area contributed by atoms with E-state index in [9.17, 15) is 0 Å². The van der Waals surface area contributed by atoms with Crippen LogP contribution in [0.2, 0.25) is 0 Å². The summed E-state index contributed by atoms with van der Waals surface area (Å²) in [4.78, 5) is 0. The summed E-state index contributed by atoms with van der Waals surface area (Å²) in [5.74, 6) is 0. The fourth-order valence-corrected chi connectivity index (χ4v) is 3.39. The fourth-order valence-electron chi connectivity index (χ4n) is 3.39. The number of ether oxygens (including phenoxy) is 1. The van der Waals surface area contributed by atoms with Crippen LogP contribution in [-0.2, 0) is 4.74 Å². The lowest BCUT2D eigenvalue weighted by molar-refractivity contribution is -0.0596. The molecule has 1 atom stereocenters. The van der Waals surface area contributed by atoms with Crippen molar-refractivity contribution in [1.29, 1.82) is 0 Å². The summed E-state index contributed by atoms with van der Waals surface area (Å²) in [7, 11) is 1.82. The van der Waals surface area contributed by atoms with Crippen LogP contribution in [0.3, 0.4) is 0 Å². The Hall–Kier alpha value is -0.860. The minimum absolute atomic E-state index is 0.0166. The highest BCUT2D eigenvalue weighted by atomic mass is 16.5. The molecule has 0 amide bonds. The van der Waals surface area contributed by atoms with Gasteiger partial charge in [-0.1, -0.05) is 31.4 Å². The van der Waals surface area contributed by atoms with Gasteiger partial charge in [0.25, 0.3) is 0 Å². The normalized spacial score (nSPS) is 20.3. The van der Waals surface area contributed by atoms with Crippen molar-refractivity contribution in [3.05, 3.63) is 34.4 Å². The average Bonchev–Trinajstić information content (AvgIpc) is 2.43. The first-order valence-electron chi connectivity index (χ1n) is 7.38. The first-order valence-corrected chi connectivity index (χ1v) is 7.38. The monoisotopic (exact) mass is 261 g/mol. The van der Waals surface area contributed by atoms with Crippen molar-refractivity contribution in [2.24, 2.45) is 5.73 Å². The zero-order chi connectivity index (χ0) is 14.0. The second kappa shape index (κ2) is 5.64. The molecule has 1 aliphatic carbocycles. The summed E-state index contributed by atoms with van der Waals surface area (Å²) in [6.07, 6.45) is 5.93. The number of hydrogen-bond donors (Lipinski definition) is 1. The number of rotatable bonds is 3. The first kappa shape index (κ1) is 14.5. The van der Waals surface area contributed by atoms with E-state index >= 15 is 0 Å². The molecule has 1 aromatic carbocycles. The summed E-state index contributed by atoms with van der Waals surface area (Å²) in [5.41, 5.74) is 11.6. The van der Waals surface area contributed by atoms with Gasteiger partial charge >= 0.3 is 0 Å². The molecule has 0 aromatic heterocycles. The maximum Gasteiger partial charge on any atom is 0.0870 e. The van der Waals surface area contributed by atoms with Crippen LogP contribution in [0.15, 0.2) is 12.1 Å².